The van der Waals surface area contributed by atoms with E-state index in [0.29, 0.717) is 23.0 Å². The average molecular weight is 253 g/mol. The Hall–Kier alpha value is -1.06. The number of carbonyl (C=O) groups is 1. The molecule has 0 spiro atoms. The maximum absolute atomic E-state index is 11.8. The largest absolute Gasteiger partial charge is 0.350 e. The van der Waals surface area contributed by atoms with Crippen LogP contribution in [-0.4, -0.2) is 18.5 Å². The zero-order valence-corrected chi connectivity index (χ0v) is 10.6. The monoisotopic (exact) mass is 252 g/mol. The van der Waals surface area contributed by atoms with Crippen molar-refractivity contribution >= 4 is 17.5 Å². The summed E-state index contributed by atoms with van der Waals surface area (Å²) in [6.07, 6.45) is 2.38. The highest BCUT2D eigenvalue weighted by molar-refractivity contribution is 6.31. The number of aryl methyl sites for hydroxylation is 1. The molecule has 1 saturated carbocycles. The fourth-order valence-corrected chi connectivity index (χ4v) is 1.92. The van der Waals surface area contributed by atoms with Crippen LogP contribution in [0.25, 0.3) is 0 Å². The molecule has 1 unspecified atom stereocenters. The molecule has 1 aliphatic rings. The third kappa shape index (κ3) is 3.20. The molecule has 0 bridgehead atoms. The summed E-state index contributed by atoms with van der Waals surface area (Å²) in [4.78, 5) is 11.8. The van der Waals surface area contributed by atoms with Crippen molar-refractivity contribution in [2.75, 3.05) is 6.54 Å². The normalized spacial score (nSPS) is 16.6. The van der Waals surface area contributed by atoms with Crippen LogP contribution in [0.15, 0.2) is 18.2 Å². The molecule has 0 radical (unpaired) electrons. The predicted molar refractivity (Wildman–Crippen MR) is 69.2 cm³/mol. The molecule has 17 heavy (non-hydrogen) atoms. The molecule has 92 valence electrons. The van der Waals surface area contributed by atoms with Crippen LogP contribution in [-0.2, 0) is 0 Å². The Morgan fingerprint density at radius 3 is 2.88 bits per heavy atom. The fraction of sp³-hybridized carbons (Fsp3) is 0.462. The van der Waals surface area contributed by atoms with Gasteiger partial charge in [0.25, 0.3) is 5.91 Å². The van der Waals surface area contributed by atoms with Gasteiger partial charge >= 0.3 is 0 Å². The highest BCUT2D eigenvalue weighted by Gasteiger charge is 2.28. The molecular weight excluding hydrogens is 236 g/mol. The number of carbonyl (C=O) groups excluding carboxylic acids is 1. The quantitative estimate of drug-likeness (QED) is 0.863. The molecule has 0 aromatic heterocycles. The van der Waals surface area contributed by atoms with E-state index in [1.807, 2.05) is 13.0 Å². The van der Waals surface area contributed by atoms with E-state index < -0.39 is 0 Å². The molecular formula is C13H17ClN2O. The Morgan fingerprint density at radius 1 is 1.59 bits per heavy atom. The fourth-order valence-electron chi connectivity index (χ4n) is 1.74. The van der Waals surface area contributed by atoms with E-state index >= 15 is 0 Å². The van der Waals surface area contributed by atoms with E-state index in [2.05, 4.69) is 5.32 Å². The summed E-state index contributed by atoms with van der Waals surface area (Å²) in [6.45, 7) is 2.45. The van der Waals surface area contributed by atoms with E-state index in [-0.39, 0.29) is 11.9 Å². The van der Waals surface area contributed by atoms with Gasteiger partial charge in [0, 0.05) is 23.2 Å². The Bertz CT molecular complexity index is 429. The van der Waals surface area contributed by atoms with Crippen LogP contribution in [0, 0.1) is 12.8 Å². The standard InChI is InChI=1S/C13H17ClN2O/c1-8-2-3-10(6-11(8)14)13(17)16-7-12(15)9-4-5-9/h2-3,6,9,12H,4-5,7,15H2,1H3,(H,16,17). The van der Waals surface area contributed by atoms with Crippen molar-refractivity contribution in [1.82, 2.24) is 5.32 Å². The molecule has 0 saturated heterocycles. The summed E-state index contributed by atoms with van der Waals surface area (Å²) in [7, 11) is 0. The van der Waals surface area contributed by atoms with Gasteiger partial charge in [-0.05, 0) is 43.4 Å². The third-order valence-electron chi connectivity index (χ3n) is 3.16. The van der Waals surface area contributed by atoms with E-state index in [0.717, 1.165) is 5.56 Å². The Morgan fingerprint density at radius 2 is 2.29 bits per heavy atom. The second kappa shape index (κ2) is 5.07. The van der Waals surface area contributed by atoms with Crippen molar-refractivity contribution < 1.29 is 4.79 Å². The van der Waals surface area contributed by atoms with Gasteiger partial charge in [-0.3, -0.25) is 4.79 Å². The van der Waals surface area contributed by atoms with Crippen molar-refractivity contribution in [3.05, 3.63) is 34.3 Å². The molecule has 3 N–H and O–H groups in total. The lowest BCUT2D eigenvalue weighted by atomic mass is 10.1. The van der Waals surface area contributed by atoms with Gasteiger partial charge in [0.2, 0.25) is 0 Å². The summed E-state index contributed by atoms with van der Waals surface area (Å²) in [6, 6.07) is 5.39. The van der Waals surface area contributed by atoms with Gasteiger partial charge in [-0.2, -0.15) is 0 Å². The molecule has 3 nitrogen and oxygen atoms in total. The summed E-state index contributed by atoms with van der Waals surface area (Å²) < 4.78 is 0. The number of benzene rings is 1. The SMILES string of the molecule is Cc1ccc(C(=O)NCC(N)C2CC2)cc1Cl. The van der Waals surface area contributed by atoms with Gasteiger partial charge in [-0.1, -0.05) is 17.7 Å². The molecule has 0 heterocycles. The average Bonchev–Trinajstić information content (AvgIpc) is 3.13. The minimum absolute atomic E-state index is 0.0832. The number of halogens is 1. The van der Waals surface area contributed by atoms with Crippen molar-refractivity contribution in [2.24, 2.45) is 11.7 Å². The second-order valence-corrected chi connectivity index (χ2v) is 5.08. The van der Waals surface area contributed by atoms with Gasteiger partial charge in [0.1, 0.15) is 0 Å². The Labute approximate surface area is 106 Å². The third-order valence-corrected chi connectivity index (χ3v) is 3.57. The minimum Gasteiger partial charge on any atom is -0.350 e. The molecule has 1 aromatic rings. The summed E-state index contributed by atoms with van der Waals surface area (Å²) in [5.74, 6) is 0.486. The van der Waals surface area contributed by atoms with Crippen molar-refractivity contribution in [3.63, 3.8) is 0 Å². The Kier molecular flexibility index (Phi) is 3.69. The molecule has 2 rings (SSSR count). The van der Waals surface area contributed by atoms with E-state index in [4.69, 9.17) is 17.3 Å². The van der Waals surface area contributed by atoms with Gasteiger partial charge in [0.15, 0.2) is 0 Å². The molecule has 1 fully saturated rings. The van der Waals surface area contributed by atoms with Crippen LogP contribution in [0.5, 0.6) is 0 Å². The smallest absolute Gasteiger partial charge is 0.251 e. The first-order valence-electron chi connectivity index (χ1n) is 5.88. The van der Waals surface area contributed by atoms with Crippen LogP contribution in [0.2, 0.25) is 5.02 Å². The van der Waals surface area contributed by atoms with Crippen LogP contribution >= 0.6 is 11.6 Å². The van der Waals surface area contributed by atoms with Crippen LogP contribution in [0.4, 0.5) is 0 Å². The van der Waals surface area contributed by atoms with Crippen molar-refractivity contribution in [1.29, 1.82) is 0 Å². The number of amides is 1. The first-order valence-corrected chi connectivity index (χ1v) is 6.25. The number of hydrogen-bond acceptors (Lipinski definition) is 2. The summed E-state index contributed by atoms with van der Waals surface area (Å²) >= 11 is 5.98. The first kappa shape index (κ1) is 12.4. The number of rotatable bonds is 4. The lowest BCUT2D eigenvalue weighted by molar-refractivity contribution is 0.0950. The van der Waals surface area contributed by atoms with Crippen LogP contribution < -0.4 is 11.1 Å². The Balaban J connectivity index is 1.92. The summed E-state index contributed by atoms with van der Waals surface area (Å²) in [5, 5.41) is 3.46. The van der Waals surface area contributed by atoms with Crippen molar-refractivity contribution in [3.8, 4) is 0 Å². The number of nitrogens with two attached hydrogens (primary N) is 1. The topological polar surface area (TPSA) is 55.1 Å². The lowest BCUT2D eigenvalue weighted by Gasteiger charge is -2.11. The van der Waals surface area contributed by atoms with E-state index in [9.17, 15) is 4.79 Å². The molecule has 1 atom stereocenters. The zero-order valence-electron chi connectivity index (χ0n) is 9.87. The zero-order chi connectivity index (χ0) is 12.4. The maximum Gasteiger partial charge on any atom is 0.251 e. The molecule has 4 heteroatoms. The molecule has 1 aromatic carbocycles. The molecule has 1 aliphatic carbocycles. The first-order chi connectivity index (χ1) is 8.08. The van der Waals surface area contributed by atoms with Crippen LogP contribution in [0.3, 0.4) is 0 Å². The number of nitrogens with one attached hydrogen (secondary N) is 1. The van der Waals surface area contributed by atoms with Gasteiger partial charge in [-0.15, -0.1) is 0 Å². The molecule has 0 aliphatic heterocycles. The highest BCUT2D eigenvalue weighted by Crippen LogP contribution is 2.31. The van der Waals surface area contributed by atoms with E-state index in [1.165, 1.54) is 12.8 Å². The van der Waals surface area contributed by atoms with Crippen LogP contribution in [0.1, 0.15) is 28.8 Å². The number of hydrogen-bond donors (Lipinski definition) is 2. The summed E-state index contributed by atoms with van der Waals surface area (Å²) in [5.41, 5.74) is 7.48. The van der Waals surface area contributed by atoms with E-state index in [1.54, 1.807) is 12.1 Å². The second-order valence-electron chi connectivity index (χ2n) is 4.68. The predicted octanol–water partition coefficient (Wildman–Crippen LogP) is 2.12. The van der Waals surface area contributed by atoms with Gasteiger partial charge in [0.05, 0.1) is 0 Å². The molecule has 1 amide bonds. The minimum atomic E-state index is -0.108. The van der Waals surface area contributed by atoms with Crippen molar-refractivity contribution in [2.45, 2.75) is 25.8 Å². The van der Waals surface area contributed by atoms with Gasteiger partial charge < -0.3 is 11.1 Å². The highest BCUT2D eigenvalue weighted by atomic mass is 35.5. The van der Waals surface area contributed by atoms with Gasteiger partial charge in [-0.25, -0.2) is 0 Å². The maximum atomic E-state index is 11.8. The lowest BCUT2D eigenvalue weighted by Crippen LogP contribution is -2.38.